The number of para-hydroxylation sites is 1. The molecule has 0 aromatic heterocycles. The van der Waals surface area contributed by atoms with Gasteiger partial charge in [-0.05, 0) is 56.1 Å². The molecule has 2 nitrogen and oxygen atoms in total. The van der Waals surface area contributed by atoms with Crippen molar-refractivity contribution in [2.45, 2.75) is 50.0 Å². The number of aliphatic hydroxyl groups is 1. The lowest BCUT2D eigenvalue weighted by molar-refractivity contribution is 0.0381. The zero-order chi connectivity index (χ0) is 11.7. The molecule has 1 spiro atoms. The van der Waals surface area contributed by atoms with Crippen LogP contribution < -0.4 is 4.74 Å². The summed E-state index contributed by atoms with van der Waals surface area (Å²) in [5.74, 6) is 1.53. The molecule has 1 aromatic carbocycles. The average Bonchev–Trinajstić information content (AvgIpc) is 2.77. The van der Waals surface area contributed by atoms with Gasteiger partial charge < -0.3 is 9.84 Å². The van der Waals surface area contributed by atoms with E-state index in [1.807, 2.05) is 6.07 Å². The van der Waals surface area contributed by atoms with E-state index in [4.69, 9.17) is 4.74 Å². The van der Waals surface area contributed by atoms with E-state index in [0.717, 1.165) is 18.6 Å². The van der Waals surface area contributed by atoms with Crippen molar-refractivity contribution in [2.75, 3.05) is 6.61 Å². The average molecular weight is 232 g/mol. The second-order valence-corrected chi connectivity index (χ2v) is 5.44. The van der Waals surface area contributed by atoms with Gasteiger partial charge in [-0.15, -0.1) is 0 Å². The zero-order valence-corrected chi connectivity index (χ0v) is 10.2. The molecule has 1 N–H and O–H groups in total. The molecule has 1 atom stereocenters. The van der Waals surface area contributed by atoms with Crippen molar-refractivity contribution in [1.82, 2.24) is 0 Å². The lowest BCUT2D eigenvalue weighted by Gasteiger charge is -2.40. The number of fused-ring (bicyclic) bond motifs is 1. The third-order valence-corrected chi connectivity index (χ3v) is 4.30. The molecule has 1 saturated carbocycles. The molecule has 0 bridgehead atoms. The Morgan fingerprint density at radius 2 is 2.00 bits per heavy atom. The van der Waals surface area contributed by atoms with Gasteiger partial charge in [-0.25, -0.2) is 0 Å². The molecule has 1 aliphatic carbocycles. The smallest absolute Gasteiger partial charge is 0.123 e. The fraction of sp³-hybridized carbons (Fsp3) is 0.600. The van der Waals surface area contributed by atoms with Gasteiger partial charge in [-0.3, -0.25) is 0 Å². The molecule has 92 valence electrons. The Morgan fingerprint density at radius 1 is 1.24 bits per heavy atom. The molecule has 0 amide bonds. The van der Waals surface area contributed by atoms with E-state index in [2.05, 4.69) is 18.2 Å². The maximum atomic E-state index is 9.23. The fourth-order valence-electron chi connectivity index (χ4n) is 3.48. The summed E-state index contributed by atoms with van der Waals surface area (Å²) in [6.07, 6.45) is 6.89. The van der Waals surface area contributed by atoms with Crippen LogP contribution in [-0.4, -0.2) is 17.3 Å². The first-order chi connectivity index (χ1) is 8.33. The highest BCUT2D eigenvalue weighted by Crippen LogP contribution is 2.48. The Bertz CT molecular complexity index is 394. The zero-order valence-electron chi connectivity index (χ0n) is 10.2. The molecule has 1 aliphatic heterocycles. The van der Waals surface area contributed by atoms with Crippen molar-refractivity contribution in [3.05, 3.63) is 29.8 Å². The number of rotatable bonds is 2. The summed E-state index contributed by atoms with van der Waals surface area (Å²) in [4.78, 5) is 0. The van der Waals surface area contributed by atoms with E-state index >= 15 is 0 Å². The van der Waals surface area contributed by atoms with Gasteiger partial charge in [0.1, 0.15) is 11.4 Å². The summed E-state index contributed by atoms with van der Waals surface area (Å²) >= 11 is 0. The first-order valence-electron chi connectivity index (χ1n) is 6.72. The summed E-state index contributed by atoms with van der Waals surface area (Å²) in [6.45, 7) is 0.273. The predicted molar refractivity (Wildman–Crippen MR) is 67.3 cm³/mol. The summed E-state index contributed by atoms with van der Waals surface area (Å²) in [6, 6.07) is 8.35. The molecule has 2 aliphatic rings. The molecule has 1 fully saturated rings. The standard InChI is InChI=1S/C15H20O2/c16-10-7-12-11-15(8-3-4-9-15)17-14-6-2-1-5-13(12)14/h1-2,5-6,12,16H,3-4,7-11H2. The SMILES string of the molecule is OCCC1CC2(CCCC2)Oc2ccccc21. The van der Waals surface area contributed by atoms with Crippen LogP contribution in [0.2, 0.25) is 0 Å². The summed E-state index contributed by atoms with van der Waals surface area (Å²) < 4.78 is 6.28. The molecule has 3 rings (SSSR count). The minimum absolute atomic E-state index is 0.0776. The normalized spacial score (nSPS) is 25.6. The maximum Gasteiger partial charge on any atom is 0.123 e. The quantitative estimate of drug-likeness (QED) is 0.848. The molecule has 1 heterocycles. The topological polar surface area (TPSA) is 29.5 Å². The minimum Gasteiger partial charge on any atom is -0.487 e. The first-order valence-corrected chi connectivity index (χ1v) is 6.72. The Hall–Kier alpha value is -1.02. The summed E-state index contributed by atoms with van der Waals surface area (Å²) in [5, 5.41) is 9.23. The lowest BCUT2D eigenvalue weighted by atomic mass is 9.80. The maximum absolute atomic E-state index is 9.23. The summed E-state index contributed by atoms with van der Waals surface area (Å²) in [7, 11) is 0. The van der Waals surface area contributed by atoms with Crippen molar-refractivity contribution >= 4 is 0 Å². The van der Waals surface area contributed by atoms with Crippen molar-refractivity contribution in [3.63, 3.8) is 0 Å². The largest absolute Gasteiger partial charge is 0.487 e. The lowest BCUT2D eigenvalue weighted by Crippen LogP contribution is -2.38. The Morgan fingerprint density at radius 3 is 2.76 bits per heavy atom. The molecule has 0 radical (unpaired) electrons. The van der Waals surface area contributed by atoms with Crippen LogP contribution in [0.15, 0.2) is 24.3 Å². The van der Waals surface area contributed by atoms with Gasteiger partial charge >= 0.3 is 0 Å². The highest BCUT2D eigenvalue weighted by atomic mass is 16.5. The third kappa shape index (κ3) is 1.95. The van der Waals surface area contributed by atoms with Crippen molar-refractivity contribution in [1.29, 1.82) is 0 Å². The third-order valence-electron chi connectivity index (χ3n) is 4.30. The molecule has 1 aromatic rings. The van der Waals surface area contributed by atoms with E-state index < -0.39 is 0 Å². The van der Waals surface area contributed by atoms with Gasteiger partial charge in [-0.1, -0.05) is 18.2 Å². The van der Waals surface area contributed by atoms with Gasteiger partial charge in [0.2, 0.25) is 0 Å². The monoisotopic (exact) mass is 232 g/mol. The van der Waals surface area contributed by atoms with E-state index in [0.29, 0.717) is 5.92 Å². The molecule has 2 heteroatoms. The van der Waals surface area contributed by atoms with Gasteiger partial charge in [0.15, 0.2) is 0 Å². The van der Waals surface area contributed by atoms with Gasteiger partial charge in [0.05, 0.1) is 0 Å². The molecule has 0 saturated heterocycles. The fourth-order valence-corrected chi connectivity index (χ4v) is 3.48. The van der Waals surface area contributed by atoms with E-state index in [-0.39, 0.29) is 12.2 Å². The van der Waals surface area contributed by atoms with Gasteiger partial charge in [0.25, 0.3) is 0 Å². The number of aliphatic hydroxyl groups excluding tert-OH is 1. The van der Waals surface area contributed by atoms with E-state index in [1.54, 1.807) is 0 Å². The van der Waals surface area contributed by atoms with Crippen LogP contribution in [0, 0.1) is 0 Å². The van der Waals surface area contributed by atoms with Gasteiger partial charge in [0, 0.05) is 6.61 Å². The number of ether oxygens (including phenoxy) is 1. The highest BCUT2D eigenvalue weighted by molar-refractivity contribution is 5.39. The van der Waals surface area contributed by atoms with Crippen LogP contribution in [-0.2, 0) is 0 Å². The van der Waals surface area contributed by atoms with Crippen LogP contribution >= 0.6 is 0 Å². The van der Waals surface area contributed by atoms with E-state index in [1.165, 1.54) is 31.2 Å². The first kappa shape index (κ1) is 11.1. The van der Waals surface area contributed by atoms with E-state index in [9.17, 15) is 5.11 Å². The minimum atomic E-state index is 0.0776. The van der Waals surface area contributed by atoms with Crippen molar-refractivity contribution in [2.24, 2.45) is 0 Å². The molecular formula is C15H20O2. The van der Waals surface area contributed by atoms with Crippen LogP contribution in [0.25, 0.3) is 0 Å². The number of hydrogen-bond acceptors (Lipinski definition) is 2. The second-order valence-electron chi connectivity index (χ2n) is 5.44. The molecule has 17 heavy (non-hydrogen) atoms. The van der Waals surface area contributed by atoms with Crippen LogP contribution in [0.1, 0.15) is 50.0 Å². The number of benzene rings is 1. The Kier molecular flexibility index (Phi) is 2.83. The predicted octanol–water partition coefficient (Wildman–Crippen LogP) is 3.25. The molecule has 1 unspecified atom stereocenters. The van der Waals surface area contributed by atoms with Gasteiger partial charge in [-0.2, -0.15) is 0 Å². The second kappa shape index (κ2) is 4.34. The van der Waals surface area contributed by atoms with Crippen LogP contribution in [0.5, 0.6) is 5.75 Å². The van der Waals surface area contributed by atoms with Crippen LogP contribution in [0.3, 0.4) is 0 Å². The Labute approximate surface area is 103 Å². The Balaban J connectivity index is 1.94. The van der Waals surface area contributed by atoms with Crippen molar-refractivity contribution < 1.29 is 9.84 Å². The molecular weight excluding hydrogens is 212 g/mol. The highest BCUT2D eigenvalue weighted by Gasteiger charge is 2.42. The number of hydrogen-bond donors (Lipinski definition) is 1. The summed E-state index contributed by atoms with van der Waals surface area (Å²) in [5.41, 5.74) is 1.37. The van der Waals surface area contributed by atoms with Crippen molar-refractivity contribution in [3.8, 4) is 5.75 Å². The van der Waals surface area contributed by atoms with Crippen LogP contribution in [0.4, 0.5) is 0 Å².